The standard InChI is InChI=1S/C19H21N5O2/c1-12(2)16-18-20-17(14-7-5-4-6-8-14)21-24(18)10-9-23(16)19(25)15-11-13(3)26-22-15/h4-8,11-12,16H,9-10H2,1-3H3/t16-/m0/s1. The molecule has 7 nitrogen and oxygen atoms in total. The van der Waals surface area contributed by atoms with Crippen molar-refractivity contribution >= 4 is 5.91 Å². The van der Waals surface area contributed by atoms with E-state index in [1.807, 2.05) is 39.9 Å². The molecule has 0 spiro atoms. The first-order chi connectivity index (χ1) is 12.5. The maximum absolute atomic E-state index is 13.0. The topological polar surface area (TPSA) is 77.1 Å². The summed E-state index contributed by atoms with van der Waals surface area (Å²) in [6.45, 7) is 7.14. The number of aryl methyl sites for hydroxylation is 1. The molecule has 0 N–H and O–H groups in total. The minimum absolute atomic E-state index is 0.129. The zero-order chi connectivity index (χ0) is 18.3. The van der Waals surface area contributed by atoms with Crippen LogP contribution >= 0.6 is 0 Å². The molecular formula is C19H21N5O2. The van der Waals surface area contributed by atoms with Gasteiger partial charge in [0, 0.05) is 18.2 Å². The van der Waals surface area contributed by atoms with Crippen LogP contribution in [0.2, 0.25) is 0 Å². The average molecular weight is 351 g/mol. The van der Waals surface area contributed by atoms with E-state index in [1.165, 1.54) is 0 Å². The highest BCUT2D eigenvalue weighted by atomic mass is 16.5. The predicted molar refractivity (Wildman–Crippen MR) is 95.3 cm³/mol. The number of nitrogens with zero attached hydrogens (tertiary/aromatic N) is 5. The molecule has 3 aromatic rings. The third-order valence-electron chi connectivity index (χ3n) is 4.62. The van der Waals surface area contributed by atoms with Crippen LogP contribution < -0.4 is 0 Å². The van der Waals surface area contributed by atoms with Gasteiger partial charge in [-0.05, 0) is 12.8 Å². The minimum atomic E-state index is -0.154. The molecule has 1 aromatic carbocycles. The molecule has 0 fully saturated rings. The first-order valence-corrected chi connectivity index (χ1v) is 8.79. The van der Waals surface area contributed by atoms with Crippen LogP contribution in [0.1, 0.15) is 42.0 Å². The van der Waals surface area contributed by atoms with Gasteiger partial charge in [-0.1, -0.05) is 49.3 Å². The number of amides is 1. The molecule has 1 amide bonds. The number of rotatable bonds is 3. The molecule has 26 heavy (non-hydrogen) atoms. The molecule has 4 rings (SSSR count). The summed E-state index contributed by atoms with van der Waals surface area (Å²) >= 11 is 0. The van der Waals surface area contributed by atoms with Gasteiger partial charge in [0.25, 0.3) is 5.91 Å². The van der Waals surface area contributed by atoms with Crippen molar-refractivity contribution < 1.29 is 9.32 Å². The van der Waals surface area contributed by atoms with Crippen LogP contribution in [0.5, 0.6) is 0 Å². The predicted octanol–water partition coefficient (Wildman–Crippen LogP) is 3.09. The SMILES string of the molecule is Cc1cc(C(=O)N2CCn3nc(-c4ccccc4)nc3[C@@H]2C(C)C)no1. The lowest BCUT2D eigenvalue weighted by Crippen LogP contribution is -2.44. The molecule has 0 unspecified atom stereocenters. The largest absolute Gasteiger partial charge is 0.361 e. The fourth-order valence-electron chi connectivity index (χ4n) is 3.43. The monoisotopic (exact) mass is 351 g/mol. The van der Waals surface area contributed by atoms with Crippen molar-refractivity contribution in [2.24, 2.45) is 5.92 Å². The maximum atomic E-state index is 13.0. The Kier molecular flexibility index (Phi) is 4.06. The van der Waals surface area contributed by atoms with Crippen molar-refractivity contribution in [2.75, 3.05) is 6.54 Å². The smallest absolute Gasteiger partial charge is 0.276 e. The van der Waals surface area contributed by atoms with E-state index in [0.29, 0.717) is 30.4 Å². The van der Waals surface area contributed by atoms with E-state index in [2.05, 4.69) is 24.1 Å². The first-order valence-electron chi connectivity index (χ1n) is 8.79. The third kappa shape index (κ3) is 2.79. The number of benzene rings is 1. The van der Waals surface area contributed by atoms with E-state index in [9.17, 15) is 4.79 Å². The van der Waals surface area contributed by atoms with Crippen molar-refractivity contribution in [3.05, 3.63) is 53.7 Å². The molecule has 134 valence electrons. The summed E-state index contributed by atoms with van der Waals surface area (Å²) in [6, 6.07) is 11.4. The zero-order valence-corrected chi connectivity index (χ0v) is 15.1. The Hall–Kier alpha value is -2.96. The summed E-state index contributed by atoms with van der Waals surface area (Å²) in [5.74, 6) is 2.20. The van der Waals surface area contributed by atoms with Gasteiger partial charge in [0.05, 0.1) is 12.6 Å². The van der Waals surface area contributed by atoms with Crippen molar-refractivity contribution in [2.45, 2.75) is 33.4 Å². The third-order valence-corrected chi connectivity index (χ3v) is 4.62. The lowest BCUT2D eigenvalue weighted by Gasteiger charge is -2.36. The van der Waals surface area contributed by atoms with Crippen molar-refractivity contribution in [3.8, 4) is 11.4 Å². The molecular weight excluding hydrogens is 330 g/mol. The summed E-state index contributed by atoms with van der Waals surface area (Å²) in [5.41, 5.74) is 1.31. The fraction of sp³-hybridized carbons (Fsp3) is 0.368. The lowest BCUT2D eigenvalue weighted by molar-refractivity contribution is 0.0526. The normalized spacial score (nSPS) is 16.8. The van der Waals surface area contributed by atoms with E-state index < -0.39 is 0 Å². The van der Waals surface area contributed by atoms with Crippen LogP contribution in [0.3, 0.4) is 0 Å². The highest BCUT2D eigenvalue weighted by Gasteiger charge is 2.37. The Morgan fingerprint density at radius 3 is 2.65 bits per heavy atom. The van der Waals surface area contributed by atoms with Crippen LogP contribution in [0.25, 0.3) is 11.4 Å². The van der Waals surface area contributed by atoms with Gasteiger partial charge in [-0.3, -0.25) is 4.79 Å². The Morgan fingerprint density at radius 1 is 1.23 bits per heavy atom. The number of aromatic nitrogens is 4. The summed E-state index contributed by atoms with van der Waals surface area (Å²) in [7, 11) is 0. The Morgan fingerprint density at radius 2 is 2.00 bits per heavy atom. The van der Waals surface area contributed by atoms with Crippen molar-refractivity contribution in [1.82, 2.24) is 24.8 Å². The highest BCUT2D eigenvalue weighted by Crippen LogP contribution is 2.33. The van der Waals surface area contributed by atoms with Gasteiger partial charge in [-0.2, -0.15) is 5.10 Å². The Balaban J connectivity index is 1.71. The molecule has 0 bridgehead atoms. The van der Waals surface area contributed by atoms with Gasteiger partial charge < -0.3 is 9.42 Å². The second-order valence-electron chi connectivity index (χ2n) is 6.89. The van der Waals surface area contributed by atoms with Gasteiger partial charge in [0.2, 0.25) is 0 Å². The number of carbonyl (C=O) groups is 1. The highest BCUT2D eigenvalue weighted by molar-refractivity contribution is 5.92. The molecule has 0 aliphatic carbocycles. The molecule has 2 aromatic heterocycles. The number of carbonyl (C=O) groups excluding carboxylic acids is 1. The van der Waals surface area contributed by atoms with Crippen LogP contribution in [-0.4, -0.2) is 37.3 Å². The van der Waals surface area contributed by atoms with Gasteiger partial charge in [-0.25, -0.2) is 9.67 Å². The van der Waals surface area contributed by atoms with Gasteiger partial charge in [0.1, 0.15) is 5.76 Å². The fourth-order valence-corrected chi connectivity index (χ4v) is 3.43. The maximum Gasteiger partial charge on any atom is 0.276 e. The molecule has 3 heterocycles. The van der Waals surface area contributed by atoms with E-state index in [4.69, 9.17) is 9.51 Å². The van der Waals surface area contributed by atoms with Gasteiger partial charge in [0.15, 0.2) is 17.3 Å². The summed E-state index contributed by atoms with van der Waals surface area (Å²) < 4.78 is 6.99. The summed E-state index contributed by atoms with van der Waals surface area (Å²) in [6.07, 6.45) is 0. The van der Waals surface area contributed by atoms with Crippen LogP contribution in [0, 0.1) is 12.8 Å². The average Bonchev–Trinajstić information content (AvgIpc) is 3.27. The van der Waals surface area contributed by atoms with E-state index in [-0.39, 0.29) is 17.9 Å². The Labute approximate surface area is 151 Å². The van der Waals surface area contributed by atoms with Crippen LogP contribution in [0.4, 0.5) is 0 Å². The number of hydrogen-bond donors (Lipinski definition) is 0. The van der Waals surface area contributed by atoms with Crippen LogP contribution in [0.15, 0.2) is 40.9 Å². The van der Waals surface area contributed by atoms with E-state index in [1.54, 1.807) is 13.0 Å². The van der Waals surface area contributed by atoms with Crippen LogP contribution in [-0.2, 0) is 6.54 Å². The zero-order valence-electron chi connectivity index (χ0n) is 15.1. The number of fused-ring (bicyclic) bond motifs is 1. The molecule has 1 atom stereocenters. The first kappa shape index (κ1) is 16.5. The van der Waals surface area contributed by atoms with Crippen molar-refractivity contribution in [1.29, 1.82) is 0 Å². The molecule has 0 radical (unpaired) electrons. The molecule has 0 saturated carbocycles. The number of hydrogen-bond acceptors (Lipinski definition) is 5. The lowest BCUT2D eigenvalue weighted by atomic mass is 9.99. The summed E-state index contributed by atoms with van der Waals surface area (Å²) in [4.78, 5) is 19.6. The van der Waals surface area contributed by atoms with Crippen molar-refractivity contribution in [3.63, 3.8) is 0 Å². The van der Waals surface area contributed by atoms with Gasteiger partial charge in [-0.15, -0.1) is 0 Å². The second kappa shape index (κ2) is 6.40. The molecule has 7 heteroatoms. The quantitative estimate of drug-likeness (QED) is 0.725. The Bertz CT molecular complexity index is 929. The van der Waals surface area contributed by atoms with E-state index in [0.717, 1.165) is 11.4 Å². The van der Waals surface area contributed by atoms with E-state index >= 15 is 0 Å². The molecule has 1 aliphatic rings. The second-order valence-corrected chi connectivity index (χ2v) is 6.89. The van der Waals surface area contributed by atoms with Gasteiger partial charge >= 0.3 is 0 Å². The minimum Gasteiger partial charge on any atom is -0.361 e. The molecule has 0 saturated heterocycles. The molecule has 1 aliphatic heterocycles. The summed E-state index contributed by atoms with van der Waals surface area (Å²) in [5, 5.41) is 8.54.